The summed E-state index contributed by atoms with van der Waals surface area (Å²) in [6.07, 6.45) is 0. The number of halogens is 3. The van der Waals surface area contributed by atoms with Crippen LogP contribution in [0.5, 0.6) is 0 Å². The second-order valence-electron chi connectivity index (χ2n) is 1.02. The van der Waals surface area contributed by atoms with E-state index in [9.17, 15) is 8.78 Å². The number of allylic oxidation sites excluding steroid dienone is 1. The third kappa shape index (κ3) is 2.78. The zero-order valence-electron chi connectivity index (χ0n) is 3.42. The first-order chi connectivity index (χ1) is 2.94. The maximum Gasteiger partial charge on any atom is 0.334 e. The van der Waals surface area contributed by atoms with Gasteiger partial charge in [0.25, 0.3) is 0 Å². The van der Waals surface area contributed by atoms with E-state index in [1.807, 2.05) is 0 Å². The minimum Gasteiger partial charge on any atom is -0.397 e. The minimum absolute atomic E-state index is 0.604. The molecule has 0 unspecified atom stereocenters. The first-order valence-corrected chi connectivity index (χ1v) is 2.54. The van der Waals surface area contributed by atoms with Crippen molar-refractivity contribution >= 4 is 22.6 Å². The summed E-state index contributed by atoms with van der Waals surface area (Å²) in [5.41, 5.74) is 4.01. The molecule has 0 radical (unpaired) electrons. The molecule has 0 atom stereocenters. The van der Waals surface area contributed by atoms with Crippen LogP contribution in [0.4, 0.5) is 8.78 Å². The molecule has 0 aromatic rings. The molecule has 0 aliphatic heterocycles. The first-order valence-electron chi connectivity index (χ1n) is 1.46. The maximum atomic E-state index is 11.6. The van der Waals surface area contributed by atoms with E-state index in [1.54, 1.807) is 0 Å². The van der Waals surface area contributed by atoms with Crippen molar-refractivity contribution < 1.29 is 8.78 Å². The van der Waals surface area contributed by atoms with Gasteiger partial charge in [-0.1, -0.05) is 6.58 Å². The fourth-order valence-electron chi connectivity index (χ4n) is 0. The van der Waals surface area contributed by atoms with Gasteiger partial charge in [0.2, 0.25) is 0 Å². The van der Waals surface area contributed by atoms with Crippen LogP contribution in [0, 0.1) is 0 Å². The van der Waals surface area contributed by atoms with E-state index in [0.29, 0.717) is 0 Å². The van der Waals surface area contributed by atoms with Crippen LogP contribution in [0.15, 0.2) is 12.3 Å². The topological polar surface area (TPSA) is 26.0 Å². The molecule has 0 fully saturated rings. The van der Waals surface area contributed by atoms with E-state index < -0.39 is 9.63 Å². The van der Waals surface area contributed by atoms with Crippen molar-refractivity contribution in [3.05, 3.63) is 12.3 Å². The van der Waals surface area contributed by atoms with Crippen LogP contribution in [-0.2, 0) is 0 Å². The summed E-state index contributed by atoms with van der Waals surface area (Å²) in [4.78, 5) is 0. The van der Waals surface area contributed by atoms with Gasteiger partial charge in [-0.05, 0) is 0 Å². The van der Waals surface area contributed by atoms with Gasteiger partial charge in [-0.15, -0.1) is 0 Å². The molecule has 0 aliphatic rings. The Balaban J connectivity index is 3.79. The summed E-state index contributed by atoms with van der Waals surface area (Å²) in [6.45, 7) is 2.85. The number of rotatable bonds is 1. The van der Waals surface area contributed by atoms with Gasteiger partial charge in [0.1, 0.15) is 0 Å². The molecule has 7 heavy (non-hydrogen) atoms. The number of alkyl halides is 3. The van der Waals surface area contributed by atoms with Gasteiger partial charge in [-0.2, -0.15) is 8.78 Å². The summed E-state index contributed by atoms with van der Waals surface area (Å²) in [5.74, 6) is 0. The van der Waals surface area contributed by atoms with E-state index in [-0.39, 0.29) is 0 Å². The SMILES string of the molecule is C=C(N)C(F)(F)I. The van der Waals surface area contributed by atoms with Crippen molar-refractivity contribution in [3.8, 4) is 0 Å². The van der Waals surface area contributed by atoms with E-state index in [1.165, 1.54) is 0 Å². The van der Waals surface area contributed by atoms with Crippen LogP contribution >= 0.6 is 22.6 Å². The van der Waals surface area contributed by atoms with Crippen molar-refractivity contribution in [1.29, 1.82) is 0 Å². The molecule has 42 valence electrons. The fraction of sp³-hybridized carbons (Fsp3) is 0.333. The fourth-order valence-corrected chi connectivity index (χ4v) is 0. The molecule has 2 N–H and O–H groups in total. The molecular formula is C3H4F2IN. The number of nitrogens with two attached hydrogens (primary N) is 1. The van der Waals surface area contributed by atoms with E-state index >= 15 is 0 Å². The Morgan fingerprint density at radius 2 is 1.86 bits per heavy atom. The predicted molar refractivity (Wildman–Crippen MR) is 32.3 cm³/mol. The lowest BCUT2D eigenvalue weighted by Gasteiger charge is -2.03. The van der Waals surface area contributed by atoms with Crippen LogP contribution in [0.25, 0.3) is 0 Å². The Morgan fingerprint density at radius 1 is 1.71 bits per heavy atom. The minimum atomic E-state index is -2.95. The van der Waals surface area contributed by atoms with E-state index in [2.05, 4.69) is 12.3 Å². The van der Waals surface area contributed by atoms with Crippen molar-refractivity contribution in [2.45, 2.75) is 3.93 Å². The van der Waals surface area contributed by atoms with Crippen molar-refractivity contribution in [1.82, 2.24) is 0 Å². The highest BCUT2D eigenvalue weighted by Gasteiger charge is 2.24. The summed E-state index contributed by atoms with van der Waals surface area (Å²) < 4.78 is 20.3. The highest BCUT2D eigenvalue weighted by molar-refractivity contribution is 14.1. The maximum absolute atomic E-state index is 11.6. The standard InChI is InChI=1S/C3H4F2IN/c1-2(7)3(4,5)6/h1,7H2. The quantitative estimate of drug-likeness (QED) is 0.524. The normalized spacial score (nSPS) is 11.3. The molecule has 0 amide bonds. The van der Waals surface area contributed by atoms with Crippen molar-refractivity contribution in [3.63, 3.8) is 0 Å². The largest absolute Gasteiger partial charge is 0.397 e. The number of hydrogen-bond acceptors (Lipinski definition) is 1. The Hall–Kier alpha value is 0.130. The van der Waals surface area contributed by atoms with E-state index in [0.717, 1.165) is 22.6 Å². The smallest absolute Gasteiger partial charge is 0.334 e. The summed E-state index contributed by atoms with van der Waals surface area (Å²) in [7, 11) is 0. The first kappa shape index (κ1) is 7.13. The van der Waals surface area contributed by atoms with Crippen LogP contribution in [0.1, 0.15) is 0 Å². The number of hydrogen-bond donors (Lipinski definition) is 1. The molecule has 0 aromatic carbocycles. The Morgan fingerprint density at radius 3 is 1.86 bits per heavy atom. The highest BCUT2D eigenvalue weighted by Crippen LogP contribution is 2.26. The summed E-state index contributed by atoms with van der Waals surface area (Å²) in [5, 5.41) is 0. The van der Waals surface area contributed by atoms with Crippen LogP contribution in [0.2, 0.25) is 0 Å². The molecule has 0 bridgehead atoms. The average Bonchev–Trinajstić information content (AvgIpc) is 1.31. The molecule has 1 nitrogen and oxygen atoms in total. The predicted octanol–water partition coefficient (Wildman–Crippen LogP) is 1.49. The summed E-state index contributed by atoms with van der Waals surface area (Å²) >= 11 is 0.909. The van der Waals surface area contributed by atoms with Crippen molar-refractivity contribution in [2.24, 2.45) is 5.73 Å². The Bertz CT molecular complexity index is 85.4. The van der Waals surface area contributed by atoms with Gasteiger partial charge in [0, 0.05) is 22.6 Å². The Kier molecular flexibility index (Phi) is 1.97. The zero-order chi connectivity index (χ0) is 6.08. The van der Waals surface area contributed by atoms with Crippen LogP contribution < -0.4 is 5.73 Å². The summed E-state index contributed by atoms with van der Waals surface area (Å²) in [6, 6.07) is 0. The monoisotopic (exact) mass is 219 g/mol. The lowest BCUT2D eigenvalue weighted by molar-refractivity contribution is 0.168. The third-order valence-corrected chi connectivity index (χ3v) is 1.06. The van der Waals surface area contributed by atoms with Crippen molar-refractivity contribution in [2.75, 3.05) is 0 Å². The van der Waals surface area contributed by atoms with Gasteiger partial charge in [0.15, 0.2) is 0 Å². The molecule has 0 aliphatic carbocycles. The lowest BCUT2D eigenvalue weighted by Crippen LogP contribution is -2.15. The molecule has 0 saturated heterocycles. The van der Waals surface area contributed by atoms with Gasteiger partial charge in [-0.25, -0.2) is 0 Å². The van der Waals surface area contributed by atoms with Crippen LogP contribution in [0.3, 0.4) is 0 Å². The highest BCUT2D eigenvalue weighted by atomic mass is 127. The Labute approximate surface area is 53.7 Å². The lowest BCUT2D eigenvalue weighted by atomic mass is 10.6. The molecule has 0 aromatic heterocycles. The average molecular weight is 219 g/mol. The van der Waals surface area contributed by atoms with Crippen LogP contribution in [-0.4, -0.2) is 3.93 Å². The molecule has 0 rings (SSSR count). The molecule has 0 spiro atoms. The second-order valence-corrected chi connectivity index (χ2v) is 2.38. The van der Waals surface area contributed by atoms with E-state index in [4.69, 9.17) is 0 Å². The zero-order valence-corrected chi connectivity index (χ0v) is 5.58. The molecule has 0 heterocycles. The van der Waals surface area contributed by atoms with Gasteiger partial charge in [-0.3, -0.25) is 0 Å². The molecular weight excluding hydrogens is 215 g/mol. The van der Waals surface area contributed by atoms with Gasteiger partial charge in [0.05, 0.1) is 5.70 Å². The molecule has 4 heteroatoms. The van der Waals surface area contributed by atoms with Gasteiger partial charge < -0.3 is 5.73 Å². The van der Waals surface area contributed by atoms with Gasteiger partial charge >= 0.3 is 3.93 Å². The third-order valence-electron chi connectivity index (χ3n) is 0.364. The molecule has 0 saturated carbocycles. The second kappa shape index (κ2) is 1.94.